The molecule has 0 atom stereocenters. The van der Waals surface area contributed by atoms with E-state index in [2.05, 4.69) is 10.3 Å². The van der Waals surface area contributed by atoms with Crippen molar-refractivity contribution in [2.24, 2.45) is 0 Å². The van der Waals surface area contributed by atoms with E-state index in [9.17, 15) is 14.0 Å². The predicted octanol–water partition coefficient (Wildman–Crippen LogP) is 4.71. The number of nitrogens with zero attached hydrogens (tertiary/aromatic N) is 3. The third kappa shape index (κ3) is 6.26. The summed E-state index contributed by atoms with van der Waals surface area (Å²) < 4.78 is 15.3. The monoisotopic (exact) mass is 456 g/mol. The number of halogens is 1. The van der Waals surface area contributed by atoms with Gasteiger partial charge in [0, 0.05) is 34.9 Å². The van der Waals surface area contributed by atoms with Gasteiger partial charge >= 0.3 is 0 Å². The van der Waals surface area contributed by atoms with Crippen molar-refractivity contribution in [3.8, 4) is 0 Å². The number of nitrogens with one attached hydrogen (secondary N) is 1. The van der Waals surface area contributed by atoms with E-state index >= 15 is 0 Å². The average Bonchev–Trinajstić information content (AvgIpc) is 3.37. The molecule has 8 heteroatoms. The third-order valence-electron chi connectivity index (χ3n) is 4.73. The summed E-state index contributed by atoms with van der Waals surface area (Å²) >= 11 is 1.44. The SMILES string of the molecule is CCCN(Cc1cccn1Cc1nc(C(=O)NC(C)(C)C)cs1)C(=O)c1ccc(F)cc1. The number of rotatable bonds is 8. The van der Waals surface area contributed by atoms with Crippen LogP contribution in [0, 0.1) is 5.82 Å². The van der Waals surface area contributed by atoms with Crippen LogP contribution < -0.4 is 5.32 Å². The van der Waals surface area contributed by atoms with E-state index in [1.807, 2.05) is 50.6 Å². The molecule has 170 valence electrons. The Balaban J connectivity index is 1.72. The lowest BCUT2D eigenvalue weighted by Crippen LogP contribution is -2.40. The van der Waals surface area contributed by atoms with Crippen molar-refractivity contribution >= 4 is 23.2 Å². The number of hydrogen-bond donors (Lipinski definition) is 1. The van der Waals surface area contributed by atoms with Crippen molar-refractivity contribution in [1.29, 1.82) is 0 Å². The molecule has 1 aromatic carbocycles. The maximum atomic E-state index is 13.2. The highest BCUT2D eigenvalue weighted by Crippen LogP contribution is 2.17. The Morgan fingerprint density at radius 3 is 2.56 bits per heavy atom. The molecule has 1 N–H and O–H groups in total. The van der Waals surface area contributed by atoms with Crippen LogP contribution in [0.15, 0.2) is 48.0 Å². The Hall–Kier alpha value is -3.00. The number of benzene rings is 1. The zero-order chi connectivity index (χ0) is 23.3. The summed E-state index contributed by atoms with van der Waals surface area (Å²) in [6.45, 7) is 9.35. The summed E-state index contributed by atoms with van der Waals surface area (Å²) in [4.78, 5) is 31.6. The maximum Gasteiger partial charge on any atom is 0.271 e. The lowest BCUT2D eigenvalue weighted by Gasteiger charge is -2.23. The van der Waals surface area contributed by atoms with Crippen molar-refractivity contribution in [2.75, 3.05) is 6.54 Å². The first-order chi connectivity index (χ1) is 15.2. The van der Waals surface area contributed by atoms with Gasteiger partial charge in [-0.3, -0.25) is 9.59 Å². The molecule has 0 saturated heterocycles. The minimum atomic E-state index is -0.364. The highest BCUT2D eigenvalue weighted by Gasteiger charge is 2.19. The summed E-state index contributed by atoms with van der Waals surface area (Å²) in [7, 11) is 0. The molecule has 3 aromatic rings. The Morgan fingerprint density at radius 2 is 1.91 bits per heavy atom. The van der Waals surface area contributed by atoms with Gasteiger partial charge in [-0.2, -0.15) is 0 Å². The van der Waals surface area contributed by atoms with Gasteiger partial charge in [0.05, 0.1) is 13.1 Å². The molecule has 0 bridgehead atoms. The quantitative estimate of drug-likeness (QED) is 0.534. The fourth-order valence-electron chi connectivity index (χ4n) is 3.28. The third-order valence-corrected chi connectivity index (χ3v) is 5.56. The van der Waals surface area contributed by atoms with Gasteiger partial charge in [-0.25, -0.2) is 9.37 Å². The summed E-state index contributed by atoms with van der Waals surface area (Å²) in [5.41, 5.74) is 1.51. The molecule has 32 heavy (non-hydrogen) atoms. The highest BCUT2D eigenvalue weighted by molar-refractivity contribution is 7.09. The first kappa shape index (κ1) is 23.7. The Morgan fingerprint density at radius 1 is 1.19 bits per heavy atom. The van der Waals surface area contributed by atoms with Crippen LogP contribution in [0.1, 0.15) is 65.7 Å². The lowest BCUT2D eigenvalue weighted by molar-refractivity contribution is 0.0739. The van der Waals surface area contributed by atoms with E-state index in [1.165, 1.54) is 35.6 Å². The fraction of sp³-hybridized carbons (Fsp3) is 0.375. The Bertz CT molecular complexity index is 1070. The first-order valence-electron chi connectivity index (χ1n) is 10.6. The predicted molar refractivity (Wildman–Crippen MR) is 124 cm³/mol. The molecule has 2 heterocycles. The van der Waals surface area contributed by atoms with Gasteiger partial charge in [-0.05, 0) is 63.6 Å². The van der Waals surface area contributed by atoms with Crippen molar-refractivity contribution in [3.63, 3.8) is 0 Å². The average molecular weight is 457 g/mol. The van der Waals surface area contributed by atoms with Crippen LogP contribution in [-0.4, -0.2) is 38.3 Å². The smallest absolute Gasteiger partial charge is 0.271 e. The molecule has 3 rings (SSSR count). The molecule has 2 aromatic heterocycles. The molecule has 0 aliphatic rings. The number of amides is 2. The summed E-state index contributed by atoms with van der Waals surface area (Å²) in [6, 6.07) is 9.54. The fourth-order valence-corrected chi connectivity index (χ4v) is 4.05. The van der Waals surface area contributed by atoms with E-state index in [0.29, 0.717) is 30.9 Å². The van der Waals surface area contributed by atoms with E-state index in [-0.39, 0.29) is 23.2 Å². The van der Waals surface area contributed by atoms with Crippen molar-refractivity contribution in [2.45, 2.75) is 52.7 Å². The van der Waals surface area contributed by atoms with Gasteiger partial charge in [0.15, 0.2) is 0 Å². The summed E-state index contributed by atoms with van der Waals surface area (Å²) in [5.74, 6) is -0.682. The molecule has 0 aliphatic heterocycles. The van der Waals surface area contributed by atoms with Gasteiger partial charge in [-0.1, -0.05) is 6.92 Å². The Kier molecular flexibility index (Phi) is 7.45. The van der Waals surface area contributed by atoms with E-state index in [0.717, 1.165) is 17.1 Å². The standard InChI is InChI=1S/C24H29FN4O2S/c1-5-12-29(23(31)17-8-10-18(25)11-9-17)14-19-7-6-13-28(19)15-21-26-20(16-32-21)22(30)27-24(2,3)4/h6-11,13,16H,5,12,14-15H2,1-4H3,(H,27,30). The van der Waals surface area contributed by atoms with Crippen LogP contribution in [-0.2, 0) is 13.1 Å². The molecule has 0 saturated carbocycles. The number of thiazole rings is 1. The first-order valence-corrected chi connectivity index (χ1v) is 11.5. The summed E-state index contributed by atoms with van der Waals surface area (Å²) in [5, 5.41) is 5.50. The number of hydrogen-bond acceptors (Lipinski definition) is 4. The van der Waals surface area contributed by atoms with E-state index in [1.54, 1.807) is 10.3 Å². The minimum absolute atomic E-state index is 0.130. The molecule has 2 amide bonds. The van der Waals surface area contributed by atoms with Gasteiger partial charge in [0.2, 0.25) is 0 Å². The van der Waals surface area contributed by atoms with Crippen molar-refractivity contribution < 1.29 is 14.0 Å². The van der Waals surface area contributed by atoms with Crippen LogP contribution >= 0.6 is 11.3 Å². The second kappa shape index (κ2) is 10.1. The van der Waals surface area contributed by atoms with Gasteiger partial charge < -0.3 is 14.8 Å². The normalized spacial score (nSPS) is 11.4. The van der Waals surface area contributed by atoms with Crippen LogP contribution in [0.3, 0.4) is 0 Å². The zero-order valence-electron chi connectivity index (χ0n) is 18.9. The second-order valence-electron chi connectivity index (χ2n) is 8.69. The van der Waals surface area contributed by atoms with Gasteiger partial charge in [0.25, 0.3) is 11.8 Å². The lowest BCUT2D eigenvalue weighted by atomic mass is 10.1. The topological polar surface area (TPSA) is 67.2 Å². The molecule has 0 spiro atoms. The Labute approximate surface area is 192 Å². The van der Waals surface area contributed by atoms with E-state index in [4.69, 9.17) is 0 Å². The molecular formula is C24H29FN4O2S. The summed E-state index contributed by atoms with van der Waals surface area (Å²) in [6.07, 6.45) is 2.75. The zero-order valence-corrected chi connectivity index (χ0v) is 19.7. The van der Waals surface area contributed by atoms with Crippen molar-refractivity contribution in [3.05, 3.63) is 75.8 Å². The number of carbonyl (C=O) groups excluding carboxylic acids is 2. The molecule has 6 nitrogen and oxygen atoms in total. The van der Waals surface area contributed by atoms with Crippen LogP contribution in [0.2, 0.25) is 0 Å². The molecule has 0 radical (unpaired) electrons. The number of aromatic nitrogens is 2. The minimum Gasteiger partial charge on any atom is -0.346 e. The molecular weight excluding hydrogens is 427 g/mol. The molecule has 0 fully saturated rings. The van der Waals surface area contributed by atoms with Crippen LogP contribution in [0.25, 0.3) is 0 Å². The van der Waals surface area contributed by atoms with Crippen LogP contribution in [0.5, 0.6) is 0 Å². The molecule has 0 aliphatic carbocycles. The van der Waals surface area contributed by atoms with Crippen molar-refractivity contribution in [1.82, 2.24) is 19.8 Å². The second-order valence-corrected chi connectivity index (χ2v) is 9.63. The number of carbonyl (C=O) groups is 2. The molecule has 0 unspecified atom stereocenters. The van der Waals surface area contributed by atoms with E-state index < -0.39 is 0 Å². The van der Waals surface area contributed by atoms with Crippen LogP contribution in [0.4, 0.5) is 4.39 Å². The largest absolute Gasteiger partial charge is 0.346 e. The van der Waals surface area contributed by atoms with Gasteiger partial charge in [0.1, 0.15) is 16.5 Å². The van der Waals surface area contributed by atoms with Gasteiger partial charge in [-0.15, -0.1) is 11.3 Å². The highest BCUT2D eigenvalue weighted by atomic mass is 32.1. The maximum absolute atomic E-state index is 13.2.